The Morgan fingerprint density at radius 1 is 1.55 bits per heavy atom. The minimum atomic E-state index is -0.156. The number of hydrogen-bond acceptors (Lipinski definition) is 6. The quantitative estimate of drug-likeness (QED) is 0.915. The van der Waals surface area contributed by atoms with Crippen LogP contribution < -0.4 is 15.5 Å². The average molecular weight is 301 g/mol. The van der Waals surface area contributed by atoms with Gasteiger partial charge in [-0.1, -0.05) is 6.07 Å². The Morgan fingerprint density at radius 3 is 3.18 bits per heavy atom. The van der Waals surface area contributed by atoms with Gasteiger partial charge in [0, 0.05) is 44.1 Å². The highest BCUT2D eigenvalue weighted by Gasteiger charge is 2.24. The van der Waals surface area contributed by atoms with Gasteiger partial charge in [0.1, 0.15) is 12.0 Å². The van der Waals surface area contributed by atoms with Crippen LogP contribution in [0.5, 0.6) is 5.75 Å². The molecule has 0 saturated carbocycles. The van der Waals surface area contributed by atoms with Gasteiger partial charge in [-0.25, -0.2) is 0 Å². The molecule has 1 atom stereocenters. The molecule has 116 valence electrons. The molecule has 1 unspecified atom stereocenters. The van der Waals surface area contributed by atoms with Gasteiger partial charge in [0.05, 0.1) is 13.7 Å². The molecule has 2 aromatic rings. The summed E-state index contributed by atoms with van der Waals surface area (Å²) < 4.78 is 10.5. The number of piperazine rings is 1. The highest BCUT2D eigenvalue weighted by Crippen LogP contribution is 2.23. The van der Waals surface area contributed by atoms with Crippen molar-refractivity contribution in [2.75, 3.05) is 26.7 Å². The fraction of sp³-hybridized carbons (Fsp3) is 0.375. The van der Waals surface area contributed by atoms with Crippen molar-refractivity contribution in [3.05, 3.63) is 58.4 Å². The van der Waals surface area contributed by atoms with E-state index in [1.165, 1.54) is 19.4 Å². The first kappa shape index (κ1) is 14.7. The summed E-state index contributed by atoms with van der Waals surface area (Å²) in [6, 6.07) is 5.73. The molecule has 0 spiro atoms. The highest BCUT2D eigenvalue weighted by molar-refractivity contribution is 5.19. The first-order valence-electron chi connectivity index (χ1n) is 7.28. The Kier molecular flexibility index (Phi) is 4.50. The summed E-state index contributed by atoms with van der Waals surface area (Å²) in [5, 5.41) is 3.40. The molecule has 22 heavy (non-hydrogen) atoms. The van der Waals surface area contributed by atoms with Gasteiger partial charge >= 0.3 is 0 Å². The van der Waals surface area contributed by atoms with Gasteiger partial charge in [-0.2, -0.15) is 0 Å². The number of pyridine rings is 1. The summed E-state index contributed by atoms with van der Waals surface area (Å²) in [5.41, 5.74) is 1.00. The minimum Gasteiger partial charge on any atom is -0.490 e. The molecule has 3 heterocycles. The van der Waals surface area contributed by atoms with E-state index in [4.69, 9.17) is 9.15 Å². The van der Waals surface area contributed by atoms with Gasteiger partial charge in [-0.15, -0.1) is 0 Å². The molecule has 6 nitrogen and oxygen atoms in total. The number of nitrogens with zero attached hydrogens (tertiary/aromatic N) is 2. The molecule has 1 fully saturated rings. The van der Waals surface area contributed by atoms with Crippen LogP contribution in [0.4, 0.5) is 0 Å². The van der Waals surface area contributed by atoms with Crippen LogP contribution in [0.1, 0.15) is 17.4 Å². The van der Waals surface area contributed by atoms with Crippen LogP contribution in [-0.4, -0.2) is 36.6 Å². The molecule has 0 amide bonds. The Balaban J connectivity index is 1.80. The second-order valence-electron chi connectivity index (χ2n) is 5.26. The fourth-order valence-corrected chi connectivity index (χ4v) is 2.71. The lowest BCUT2D eigenvalue weighted by atomic mass is 10.1. The topological polar surface area (TPSA) is 67.6 Å². The van der Waals surface area contributed by atoms with E-state index in [2.05, 4.69) is 21.3 Å². The minimum absolute atomic E-state index is 0.156. The van der Waals surface area contributed by atoms with E-state index in [0.29, 0.717) is 12.3 Å². The third kappa shape index (κ3) is 3.18. The van der Waals surface area contributed by atoms with E-state index < -0.39 is 0 Å². The fourth-order valence-electron chi connectivity index (χ4n) is 2.71. The standard InChI is InChI=1S/C16H19N3O3/c1-21-16-11-22-13(7-15(16)20)10-19-6-5-18-9-14(19)12-3-2-4-17-8-12/h2-4,7-8,11,14,18H,5-6,9-10H2,1H3. The van der Waals surface area contributed by atoms with Crippen molar-refractivity contribution in [2.24, 2.45) is 0 Å². The molecule has 2 aromatic heterocycles. The summed E-state index contributed by atoms with van der Waals surface area (Å²) >= 11 is 0. The Labute approximate surface area is 128 Å². The first-order chi connectivity index (χ1) is 10.8. The lowest BCUT2D eigenvalue weighted by Gasteiger charge is -2.35. The SMILES string of the molecule is COc1coc(CN2CCNCC2c2cccnc2)cc1=O. The number of rotatable bonds is 4. The van der Waals surface area contributed by atoms with E-state index in [1.54, 1.807) is 6.20 Å². The van der Waals surface area contributed by atoms with Crippen LogP contribution >= 0.6 is 0 Å². The highest BCUT2D eigenvalue weighted by atomic mass is 16.5. The number of hydrogen-bond donors (Lipinski definition) is 1. The predicted octanol–water partition coefficient (Wildman–Crippen LogP) is 1.19. The van der Waals surface area contributed by atoms with Crippen LogP contribution in [-0.2, 0) is 6.54 Å². The van der Waals surface area contributed by atoms with E-state index in [9.17, 15) is 4.79 Å². The molecule has 1 N–H and O–H groups in total. The molecule has 6 heteroatoms. The molecule has 0 bridgehead atoms. The molecule has 1 aliphatic rings. The molecule has 0 aromatic carbocycles. The Morgan fingerprint density at radius 2 is 2.45 bits per heavy atom. The lowest BCUT2D eigenvalue weighted by molar-refractivity contribution is 0.141. The van der Waals surface area contributed by atoms with Gasteiger partial charge in [-0.05, 0) is 11.6 Å². The van der Waals surface area contributed by atoms with Gasteiger partial charge in [-0.3, -0.25) is 14.7 Å². The summed E-state index contributed by atoms with van der Waals surface area (Å²) in [6.45, 7) is 3.24. The molecular weight excluding hydrogens is 282 g/mol. The van der Waals surface area contributed by atoms with Crippen molar-refractivity contribution in [3.8, 4) is 5.75 Å². The monoisotopic (exact) mass is 301 g/mol. The molecule has 0 radical (unpaired) electrons. The van der Waals surface area contributed by atoms with Crippen LogP contribution in [0.25, 0.3) is 0 Å². The van der Waals surface area contributed by atoms with Crippen molar-refractivity contribution in [1.82, 2.24) is 15.2 Å². The van der Waals surface area contributed by atoms with Crippen LogP contribution in [0.15, 0.2) is 46.1 Å². The van der Waals surface area contributed by atoms with Gasteiger partial charge < -0.3 is 14.5 Å². The Hall–Kier alpha value is -2.18. The predicted molar refractivity (Wildman–Crippen MR) is 81.8 cm³/mol. The number of methoxy groups -OCH3 is 1. The zero-order chi connectivity index (χ0) is 15.4. The number of ether oxygens (including phenoxy) is 1. The summed E-state index contributed by atoms with van der Waals surface area (Å²) in [6.07, 6.45) is 5.03. The zero-order valence-corrected chi connectivity index (χ0v) is 12.5. The maximum atomic E-state index is 11.8. The second-order valence-corrected chi connectivity index (χ2v) is 5.26. The van der Waals surface area contributed by atoms with Gasteiger partial charge in [0.25, 0.3) is 0 Å². The van der Waals surface area contributed by atoms with Crippen molar-refractivity contribution in [1.29, 1.82) is 0 Å². The normalized spacial score (nSPS) is 19.0. The van der Waals surface area contributed by atoms with Crippen molar-refractivity contribution < 1.29 is 9.15 Å². The maximum Gasteiger partial charge on any atom is 0.227 e. The average Bonchev–Trinajstić information content (AvgIpc) is 2.56. The Bertz CT molecular complexity index is 672. The number of aromatic nitrogens is 1. The van der Waals surface area contributed by atoms with Gasteiger partial charge in [0.2, 0.25) is 11.2 Å². The summed E-state index contributed by atoms with van der Waals surface area (Å²) in [7, 11) is 1.46. The third-order valence-corrected chi connectivity index (χ3v) is 3.85. The molecule has 0 aliphatic carbocycles. The number of nitrogens with one attached hydrogen (secondary N) is 1. The van der Waals surface area contributed by atoms with Crippen LogP contribution in [0.3, 0.4) is 0 Å². The maximum absolute atomic E-state index is 11.8. The van der Waals surface area contributed by atoms with Crippen molar-refractivity contribution in [3.63, 3.8) is 0 Å². The van der Waals surface area contributed by atoms with E-state index in [0.717, 1.165) is 25.2 Å². The zero-order valence-electron chi connectivity index (χ0n) is 12.5. The van der Waals surface area contributed by atoms with Crippen molar-refractivity contribution >= 4 is 0 Å². The lowest BCUT2D eigenvalue weighted by Crippen LogP contribution is -2.45. The van der Waals surface area contributed by atoms with Crippen LogP contribution in [0, 0.1) is 0 Å². The molecule has 1 aliphatic heterocycles. The smallest absolute Gasteiger partial charge is 0.227 e. The van der Waals surface area contributed by atoms with E-state index in [-0.39, 0.29) is 17.2 Å². The van der Waals surface area contributed by atoms with Gasteiger partial charge in [0.15, 0.2) is 0 Å². The third-order valence-electron chi connectivity index (χ3n) is 3.85. The first-order valence-corrected chi connectivity index (χ1v) is 7.28. The molecular formula is C16H19N3O3. The van der Waals surface area contributed by atoms with Crippen LogP contribution in [0.2, 0.25) is 0 Å². The summed E-state index contributed by atoms with van der Waals surface area (Å²) in [5.74, 6) is 0.870. The van der Waals surface area contributed by atoms with E-state index in [1.807, 2.05) is 12.3 Å². The van der Waals surface area contributed by atoms with E-state index >= 15 is 0 Å². The second kappa shape index (κ2) is 6.72. The van der Waals surface area contributed by atoms with Crippen molar-refractivity contribution in [2.45, 2.75) is 12.6 Å². The summed E-state index contributed by atoms with van der Waals surface area (Å²) in [4.78, 5) is 18.3. The molecule has 1 saturated heterocycles. The largest absolute Gasteiger partial charge is 0.490 e. The molecule has 3 rings (SSSR count).